The van der Waals surface area contributed by atoms with Crippen LogP contribution in [0.2, 0.25) is 0 Å². The summed E-state index contributed by atoms with van der Waals surface area (Å²) in [5.41, 5.74) is 6.68. The molecular formula is C13H16N2O2S. The van der Waals surface area contributed by atoms with Crippen LogP contribution >= 0.6 is 11.3 Å². The van der Waals surface area contributed by atoms with Crippen molar-refractivity contribution in [3.05, 3.63) is 15.3 Å². The number of ether oxygens (including phenoxy) is 1. The van der Waals surface area contributed by atoms with Gasteiger partial charge in [0.2, 0.25) is 0 Å². The van der Waals surface area contributed by atoms with E-state index in [1.54, 1.807) is 6.92 Å². The number of rotatable bonds is 3. The van der Waals surface area contributed by atoms with E-state index in [4.69, 9.17) is 10.5 Å². The Balaban J connectivity index is 2.39. The lowest BCUT2D eigenvalue weighted by atomic mass is 10.0. The fourth-order valence-electron chi connectivity index (χ4n) is 2.40. The smallest absolute Gasteiger partial charge is 0.350 e. The third-order valence-corrected chi connectivity index (χ3v) is 4.62. The predicted molar refractivity (Wildman–Crippen MR) is 70.6 cm³/mol. The molecule has 0 spiro atoms. The molecular weight excluding hydrogens is 248 g/mol. The monoisotopic (exact) mass is 264 g/mol. The number of nitrogens with two attached hydrogens (primary N) is 1. The lowest BCUT2D eigenvalue weighted by molar-refractivity contribution is 0.0533. The van der Waals surface area contributed by atoms with Gasteiger partial charge < -0.3 is 10.5 Å². The number of esters is 1. The summed E-state index contributed by atoms with van der Waals surface area (Å²) in [6, 6.07) is 2.14. The van der Waals surface area contributed by atoms with Crippen LogP contribution in [0.15, 0.2) is 0 Å². The highest BCUT2D eigenvalue weighted by atomic mass is 32.1. The maximum Gasteiger partial charge on any atom is 0.350 e. The summed E-state index contributed by atoms with van der Waals surface area (Å²) in [7, 11) is 0. The largest absolute Gasteiger partial charge is 0.462 e. The van der Waals surface area contributed by atoms with Gasteiger partial charge >= 0.3 is 5.97 Å². The molecule has 1 heterocycles. The van der Waals surface area contributed by atoms with E-state index in [0.717, 1.165) is 17.7 Å². The van der Waals surface area contributed by atoms with Crippen molar-refractivity contribution in [1.82, 2.24) is 0 Å². The summed E-state index contributed by atoms with van der Waals surface area (Å²) in [5.74, 6) is -0.0316. The highest BCUT2D eigenvalue weighted by Crippen LogP contribution is 2.43. The second-order valence-electron chi connectivity index (χ2n) is 4.40. The van der Waals surface area contributed by atoms with Crippen LogP contribution < -0.4 is 5.73 Å². The number of anilines is 1. The maximum absolute atomic E-state index is 11.8. The zero-order chi connectivity index (χ0) is 13.1. The molecule has 1 aliphatic rings. The molecule has 2 rings (SSSR count). The van der Waals surface area contributed by atoms with Crippen molar-refractivity contribution in [2.75, 3.05) is 12.3 Å². The molecule has 4 nitrogen and oxygen atoms in total. The van der Waals surface area contributed by atoms with Gasteiger partial charge in [-0.2, -0.15) is 5.26 Å². The van der Waals surface area contributed by atoms with Crippen LogP contribution in [0.4, 0.5) is 5.69 Å². The van der Waals surface area contributed by atoms with Gasteiger partial charge in [0, 0.05) is 4.88 Å². The van der Waals surface area contributed by atoms with Crippen LogP contribution in [0.25, 0.3) is 0 Å². The molecule has 5 heteroatoms. The van der Waals surface area contributed by atoms with Crippen molar-refractivity contribution in [3.8, 4) is 6.07 Å². The van der Waals surface area contributed by atoms with E-state index < -0.39 is 5.97 Å². The number of carbonyl (C=O) groups is 1. The van der Waals surface area contributed by atoms with Gasteiger partial charge in [0.15, 0.2) is 0 Å². The molecule has 0 radical (unpaired) electrons. The van der Waals surface area contributed by atoms with E-state index in [1.807, 2.05) is 0 Å². The SMILES string of the molecule is CCOC(=O)c1sc(C2CCCC2)c(C#N)c1N. The molecule has 0 amide bonds. The highest BCUT2D eigenvalue weighted by Gasteiger charge is 2.28. The molecule has 1 aliphatic carbocycles. The summed E-state index contributed by atoms with van der Waals surface area (Å²) in [6.07, 6.45) is 4.53. The second kappa shape index (κ2) is 5.40. The van der Waals surface area contributed by atoms with Crippen molar-refractivity contribution in [3.63, 3.8) is 0 Å². The number of hydrogen-bond donors (Lipinski definition) is 1. The number of hydrogen-bond acceptors (Lipinski definition) is 5. The Morgan fingerprint density at radius 1 is 1.56 bits per heavy atom. The minimum absolute atomic E-state index is 0.294. The predicted octanol–water partition coefficient (Wildman–Crippen LogP) is 3.04. The number of thiophene rings is 1. The summed E-state index contributed by atoms with van der Waals surface area (Å²) in [5, 5.41) is 9.21. The molecule has 1 fully saturated rings. The fraction of sp³-hybridized carbons (Fsp3) is 0.538. The zero-order valence-corrected chi connectivity index (χ0v) is 11.2. The van der Waals surface area contributed by atoms with E-state index in [2.05, 4.69) is 6.07 Å². The highest BCUT2D eigenvalue weighted by molar-refractivity contribution is 7.15. The van der Waals surface area contributed by atoms with Gasteiger partial charge in [0.25, 0.3) is 0 Å². The Morgan fingerprint density at radius 3 is 2.78 bits per heavy atom. The average Bonchev–Trinajstić information content (AvgIpc) is 2.96. The Bertz CT molecular complexity index is 496. The molecule has 18 heavy (non-hydrogen) atoms. The zero-order valence-electron chi connectivity index (χ0n) is 10.4. The maximum atomic E-state index is 11.8. The average molecular weight is 264 g/mol. The topological polar surface area (TPSA) is 76.1 Å². The third-order valence-electron chi connectivity index (χ3n) is 3.27. The standard InChI is InChI=1S/C13H16N2O2S/c1-2-17-13(16)12-10(15)9(7-14)11(18-12)8-5-3-4-6-8/h8H,2-6,15H2,1H3. The first-order valence-corrected chi connectivity index (χ1v) is 7.00. The molecule has 1 aromatic rings. The Kier molecular flexibility index (Phi) is 3.87. The minimum atomic E-state index is -0.416. The normalized spacial score (nSPS) is 15.6. The summed E-state index contributed by atoms with van der Waals surface area (Å²) >= 11 is 1.33. The van der Waals surface area contributed by atoms with E-state index in [-0.39, 0.29) is 0 Å². The first-order chi connectivity index (χ1) is 8.69. The molecule has 0 aromatic carbocycles. The summed E-state index contributed by atoms with van der Waals surface area (Å²) in [4.78, 5) is 13.1. The van der Waals surface area contributed by atoms with Crippen LogP contribution in [-0.2, 0) is 4.74 Å². The van der Waals surface area contributed by atoms with Crippen molar-refractivity contribution in [2.24, 2.45) is 0 Å². The number of nitrogens with zero attached hydrogens (tertiary/aromatic N) is 1. The molecule has 2 N–H and O–H groups in total. The lowest BCUT2D eigenvalue weighted by Crippen LogP contribution is -2.05. The van der Waals surface area contributed by atoms with Gasteiger partial charge in [-0.05, 0) is 25.7 Å². The Labute approximate surface area is 110 Å². The van der Waals surface area contributed by atoms with Crippen LogP contribution in [0.1, 0.15) is 58.6 Å². The van der Waals surface area contributed by atoms with Crippen molar-refractivity contribution in [1.29, 1.82) is 5.26 Å². The van der Waals surface area contributed by atoms with Gasteiger partial charge in [0.1, 0.15) is 10.9 Å². The fourth-order valence-corrected chi connectivity index (χ4v) is 3.64. The number of carbonyl (C=O) groups excluding carboxylic acids is 1. The minimum Gasteiger partial charge on any atom is -0.462 e. The molecule has 96 valence electrons. The summed E-state index contributed by atoms with van der Waals surface area (Å²) < 4.78 is 4.97. The molecule has 0 unspecified atom stereocenters. The van der Waals surface area contributed by atoms with Gasteiger partial charge in [-0.1, -0.05) is 12.8 Å². The quantitative estimate of drug-likeness (QED) is 0.851. The van der Waals surface area contributed by atoms with Crippen LogP contribution in [0.3, 0.4) is 0 Å². The van der Waals surface area contributed by atoms with Gasteiger partial charge in [0.05, 0.1) is 17.9 Å². The second-order valence-corrected chi connectivity index (χ2v) is 5.45. The van der Waals surface area contributed by atoms with E-state index in [9.17, 15) is 10.1 Å². The Morgan fingerprint density at radius 2 is 2.22 bits per heavy atom. The van der Waals surface area contributed by atoms with Crippen LogP contribution in [0.5, 0.6) is 0 Å². The van der Waals surface area contributed by atoms with E-state index in [1.165, 1.54) is 24.2 Å². The third kappa shape index (κ3) is 2.21. The molecule has 0 atom stereocenters. The molecule has 1 saturated carbocycles. The molecule has 0 aliphatic heterocycles. The molecule has 0 bridgehead atoms. The Hall–Kier alpha value is -1.54. The van der Waals surface area contributed by atoms with Crippen LogP contribution in [0, 0.1) is 11.3 Å². The van der Waals surface area contributed by atoms with Crippen molar-refractivity contribution >= 4 is 23.0 Å². The van der Waals surface area contributed by atoms with Gasteiger partial charge in [-0.25, -0.2) is 4.79 Å². The van der Waals surface area contributed by atoms with Crippen LogP contribution in [-0.4, -0.2) is 12.6 Å². The van der Waals surface area contributed by atoms with E-state index in [0.29, 0.717) is 28.7 Å². The van der Waals surface area contributed by atoms with E-state index >= 15 is 0 Å². The van der Waals surface area contributed by atoms with Gasteiger partial charge in [-0.15, -0.1) is 11.3 Å². The number of nitrogen functional groups attached to an aromatic ring is 1. The van der Waals surface area contributed by atoms with Crippen molar-refractivity contribution in [2.45, 2.75) is 38.5 Å². The van der Waals surface area contributed by atoms with Gasteiger partial charge in [-0.3, -0.25) is 0 Å². The first-order valence-electron chi connectivity index (χ1n) is 6.18. The first kappa shape index (κ1) is 12.9. The lowest BCUT2D eigenvalue weighted by Gasteiger charge is -2.05. The molecule has 0 saturated heterocycles. The van der Waals surface area contributed by atoms with Crippen molar-refractivity contribution < 1.29 is 9.53 Å². The number of nitriles is 1. The summed E-state index contributed by atoms with van der Waals surface area (Å²) in [6.45, 7) is 2.07. The molecule has 1 aromatic heterocycles.